The smallest absolute Gasteiger partial charge is 0.276 e. The summed E-state index contributed by atoms with van der Waals surface area (Å²) in [6, 6.07) is 14.9. The molecule has 3 rings (SSSR count). The van der Waals surface area contributed by atoms with Gasteiger partial charge < -0.3 is 20.1 Å². The molecule has 2 aromatic carbocycles. The first-order valence-corrected chi connectivity index (χ1v) is 8.95. The molecule has 0 saturated carbocycles. The largest absolute Gasteiger partial charge is 0.497 e. The van der Waals surface area contributed by atoms with Crippen LogP contribution in [0.3, 0.4) is 0 Å². The predicted molar refractivity (Wildman–Crippen MR) is 108 cm³/mol. The molecule has 0 bridgehead atoms. The molecule has 0 atom stereocenters. The summed E-state index contributed by atoms with van der Waals surface area (Å²) in [5.41, 5.74) is 1.27. The number of rotatable bonds is 8. The van der Waals surface area contributed by atoms with Gasteiger partial charge in [0.25, 0.3) is 5.91 Å². The van der Waals surface area contributed by atoms with Gasteiger partial charge in [-0.1, -0.05) is 18.2 Å². The van der Waals surface area contributed by atoms with Crippen LogP contribution >= 0.6 is 0 Å². The molecular formula is C21H21FN4O3. The summed E-state index contributed by atoms with van der Waals surface area (Å²) in [5, 5.41) is 13.7. The minimum Gasteiger partial charge on any atom is -0.497 e. The topological polar surface area (TPSA) is 85.4 Å². The van der Waals surface area contributed by atoms with Crippen LogP contribution in [0.25, 0.3) is 0 Å². The Morgan fingerprint density at radius 1 is 1.03 bits per heavy atom. The zero-order chi connectivity index (χ0) is 20.6. The lowest BCUT2D eigenvalue weighted by Gasteiger charge is -2.11. The number of benzene rings is 2. The second-order valence-corrected chi connectivity index (χ2v) is 6.09. The minimum atomic E-state index is -0.418. The molecule has 3 aromatic rings. The van der Waals surface area contributed by atoms with Crippen molar-refractivity contribution in [3.05, 3.63) is 71.7 Å². The first kappa shape index (κ1) is 20.1. The van der Waals surface area contributed by atoms with E-state index in [-0.39, 0.29) is 11.5 Å². The van der Waals surface area contributed by atoms with Gasteiger partial charge in [0, 0.05) is 12.6 Å². The van der Waals surface area contributed by atoms with Crippen molar-refractivity contribution in [3.63, 3.8) is 0 Å². The van der Waals surface area contributed by atoms with E-state index in [1.165, 1.54) is 13.2 Å². The van der Waals surface area contributed by atoms with E-state index in [0.29, 0.717) is 41.5 Å². The van der Waals surface area contributed by atoms with Gasteiger partial charge in [-0.05, 0) is 42.3 Å². The Hall–Kier alpha value is -3.68. The van der Waals surface area contributed by atoms with Gasteiger partial charge in [0.1, 0.15) is 23.1 Å². The molecule has 0 aliphatic rings. The molecule has 7 nitrogen and oxygen atoms in total. The second-order valence-electron chi connectivity index (χ2n) is 6.09. The van der Waals surface area contributed by atoms with E-state index < -0.39 is 5.91 Å². The van der Waals surface area contributed by atoms with Crippen LogP contribution in [0, 0.1) is 5.82 Å². The molecule has 8 heteroatoms. The Morgan fingerprint density at radius 3 is 2.55 bits per heavy atom. The fourth-order valence-electron chi connectivity index (χ4n) is 2.66. The fourth-order valence-corrected chi connectivity index (χ4v) is 2.66. The number of anilines is 2. The Balaban J connectivity index is 1.58. The van der Waals surface area contributed by atoms with Crippen LogP contribution in [0.15, 0.2) is 54.6 Å². The van der Waals surface area contributed by atoms with Crippen molar-refractivity contribution in [1.82, 2.24) is 10.2 Å². The summed E-state index contributed by atoms with van der Waals surface area (Å²) in [6.45, 7) is 0.490. The van der Waals surface area contributed by atoms with Gasteiger partial charge in [-0.3, -0.25) is 4.79 Å². The zero-order valence-corrected chi connectivity index (χ0v) is 16.1. The molecule has 0 spiro atoms. The van der Waals surface area contributed by atoms with Crippen molar-refractivity contribution in [1.29, 1.82) is 0 Å². The first-order valence-electron chi connectivity index (χ1n) is 8.95. The molecule has 2 N–H and O–H groups in total. The van der Waals surface area contributed by atoms with Crippen LogP contribution in [0.5, 0.6) is 11.5 Å². The van der Waals surface area contributed by atoms with E-state index in [1.54, 1.807) is 55.6 Å². The molecule has 0 saturated heterocycles. The lowest BCUT2D eigenvalue weighted by Crippen LogP contribution is -2.16. The van der Waals surface area contributed by atoms with E-state index in [4.69, 9.17) is 9.47 Å². The summed E-state index contributed by atoms with van der Waals surface area (Å²) < 4.78 is 24.0. The molecule has 1 aromatic heterocycles. The van der Waals surface area contributed by atoms with Crippen molar-refractivity contribution in [2.45, 2.75) is 6.42 Å². The van der Waals surface area contributed by atoms with Crippen LogP contribution < -0.4 is 20.1 Å². The molecule has 0 aliphatic carbocycles. The van der Waals surface area contributed by atoms with Crippen LogP contribution in [0.2, 0.25) is 0 Å². The predicted octanol–water partition coefficient (Wildman–Crippen LogP) is 3.54. The van der Waals surface area contributed by atoms with Crippen LogP contribution in [-0.4, -0.2) is 36.9 Å². The number of methoxy groups -OCH3 is 2. The Labute approximate surface area is 167 Å². The molecule has 29 heavy (non-hydrogen) atoms. The lowest BCUT2D eigenvalue weighted by atomic mass is 10.1. The van der Waals surface area contributed by atoms with Gasteiger partial charge in [-0.2, -0.15) is 0 Å². The molecule has 150 valence electrons. The van der Waals surface area contributed by atoms with E-state index in [0.717, 1.165) is 0 Å². The van der Waals surface area contributed by atoms with E-state index in [1.807, 2.05) is 0 Å². The number of halogens is 1. The Kier molecular flexibility index (Phi) is 6.57. The van der Waals surface area contributed by atoms with Crippen LogP contribution in [0.4, 0.5) is 15.9 Å². The number of ether oxygens (including phenoxy) is 2. The van der Waals surface area contributed by atoms with Crippen molar-refractivity contribution < 1.29 is 18.7 Å². The maximum atomic E-state index is 13.6. The van der Waals surface area contributed by atoms with Gasteiger partial charge in [-0.25, -0.2) is 4.39 Å². The van der Waals surface area contributed by atoms with E-state index in [9.17, 15) is 9.18 Å². The zero-order valence-electron chi connectivity index (χ0n) is 16.1. The average molecular weight is 396 g/mol. The third kappa shape index (κ3) is 5.19. The normalized spacial score (nSPS) is 10.3. The third-order valence-corrected chi connectivity index (χ3v) is 4.21. The monoisotopic (exact) mass is 396 g/mol. The summed E-state index contributed by atoms with van der Waals surface area (Å²) in [4.78, 5) is 12.4. The van der Waals surface area contributed by atoms with E-state index in [2.05, 4.69) is 20.8 Å². The molecule has 0 radical (unpaired) electrons. The number of nitrogens with zero attached hydrogens (tertiary/aromatic N) is 2. The van der Waals surface area contributed by atoms with Gasteiger partial charge in [0.2, 0.25) is 0 Å². The highest BCUT2D eigenvalue weighted by atomic mass is 19.1. The standard InChI is InChI=1S/C21H21FN4O3/c1-28-15-7-8-17(19(13-15)29-2)24-21(27)18-9-10-20(26-25-18)23-12-11-14-5-3-4-6-16(14)22/h3-10,13H,11-12H2,1-2H3,(H,23,26)(H,24,27). The van der Waals surface area contributed by atoms with Crippen molar-refractivity contribution in [2.75, 3.05) is 31.4 Å². The number of amides is 1. The van der Waals surface area contributed by atoms with Crippen LogP contribution in [-0.2, 0) is 6.42 Å². The first-order chi connectivity index (χ1) is 14.1. The maximum Gasteiger partial charge on any atom is 0.276 e. The molecule has 0 unspecified atom stereocenters. The summed E-state index contributed by atoms with van der Waals surface area (Å²) in [5.74, 6) is 0.933. The minimum absolute atomic E-state index is 0.155. The SMILES string of the molecule is COc1ccc(NC(=O)c2ccc(NCCc3ccccc3F)nn2)c(OC)c1. The lowest BCUT2D eigenvalue weighted by molar-refractivity contribution is 0.102. The van der Waals surface area contributed by atoms with Gasteiger partial charge >= 0.3 is 0 Å². The Morgan fingerprint density at radius 2 is 1.86 bits per heavy atom. The van der Waals surface area contributed by atoms with Gasteiger partial charge in [0.05, 0.1) is 19.9 Å². The van der Waals surface area contributed by atoms with Crippen molar-refractivity contribution in [2.24, 2.45) is 0 Å². The fraction of sp³-hybridized carbons (Fsp3) is 0.190. The number of carbonyl (C=O) groups is 1. The molecular weight excluding hydrogens is 375 g/mol. The van der Waals surface area contributed by atoms with Crippen LogP contribution in [0.1, 0.15) is 16.1 Å². The molecule has 0 aliphatic heterocycles. The summed E-state index contributed by atoms with van der Waals surface area (Å²) in [6.07, 6.45) is 0.508. The number of aromatic nitrogens is 2. The second kappa shape index (κ2) is 9.50. The number of nitrogens with one attached hydrogen (secondary N) is 2. The number of hydrogen-bond acceptors (Lipinski definition) is 6. The maximum absolute atomic E-state index is 13.6. The molecule has 1 amide bonds. The highest BCUT2D eigenvalue weighted by molar-refractivity contribution is 6.03. The van der Waals surface area contributed by atoms with Crippen molar-refractivity contribution in [3.8, 4) is 11.5 Å². The summed E-state index contributed by atoms with van der Waals surface area (Å²) >= 11 is 0. The number of carbonyl (C=O) groups excluding carboxylic acids is 1. The number of hydrogen-bond donors (Lipinski definition) is 2. The Bertz CT molecular complexity index is 980. The summed E-state index contributed by atoms with van der Waals surface area (Å²) in [7, 11) is 3.06. The van der Waals surface area contributed by atoms with Crippen molar-refractivity contribution >= 4 is 17.4 Å². The molecule has 0 fully saturated rings. The average Bonchev–Trinajstić information content (AvgIpc) is 2.75. The quantitative estimate of drug-likeness (QED) is 0.606. The molecule has 1 heterocycles. The van der Waals surface area contributed by atoms with E-state index >= 15 is 0 Å². The highest BCUT2D eigenvalue weighted by Crippen LogP contribution is 2.29. The highest BCUT2D eigenvalue weighted by Gasteiger charge is 2.12. The third-order valence-electron chi connectivity index (χ3n) is 4.21. The van der Waals surface area contributed by atoms with Gasteiger partial charge in [-0.15, -0.1) is 10.2 Å². The van der Waals surface area contributed by atoms with Gasteiger partial charge in [0.15, 0.2) is 5.69 Å².